The van der Waals surface area contributed by atoms with Crippen molar-refractivity contribution in [3.05, 3.63) is 71.9 Å². The van der Waals surface area contributed by atoms with Crippen molar-refractivity contribution in [2.24, 2.45) is 0 Å². The molecule has 0 bridgehead atoms. The molecule has 140 valence electrons. The number of rotatable bonds is 3. The second kappa shape index (κ2) is 6.88. The molecule has 2 aliphatic heterocycles. The second-order valence-electron chi connectivity index (χ2n) is 6.75. The topological polar surface area (TPSA) is 63.7 Å². The average Bonchev–Trinajstić information content (AvgIpc) is 3.17. The Morgan fingerprint density at radius 2 is 1.86 bits per heavy atom. The Balaban J connectivity index is 1.37. The van der Waals surface area contributed by atoms with Gasteiger partial charge in [0.25, 0.3) is 5.91 Å². The minimum Gasteiger partial charge on any atom is -0.486 e. The highest BCUT2D eigenvalue weighted by Crippen LogP contribution is 2.34. The highest BCUT2D eigenvalue weighted by atomic mass is 16.6. The molecule has 0 aliphatic carbocycles. The molecule has 2 aromatic carbocycles. The van der Waals surface area contributed by atoms with Crippen LogP contribution in [0.5, 0.6) is 11.5 Å². The number of hydrogen-bond acceptors (Lipinski definition) is 5. The number of nitrogens with one attached hydrogen (secondary N) is 1. The quantitative estimate of drug-likeness (QED) is 0.757. The van der Waals surface area contributed by atoms with E-state index in [0.29, 0.717) is 36.9 Å². The van der Waals surface area contributed by atoms with Crippen molar-refractivity contribution in [3.8, 4) is 11.5 Å². The van der Waals surface area contributed by atoms with Gasteiger partial charge < -0.3 is 19.7 Å². The van der Waals surface area contributed by atoms with Crippen molar-refractivity contribution in [1.82, 2.24) is 4.98 Å². The number of para-hydroxylation sites is 1. The third kappa shape index (κ3) is 3.03. The van der Waals surface area contributed by atoms with Gasteiger partial charge in [-0.2, -0.15) is 0 Å². The van der Waals surface area contributed by atoms with Gasteiger partial charge in [-0.3, -0.25) is 4.79 Å². The van der Waals surface area contributed by atoms with Crippen LogP contribution in [0, 0.1) is 0 Å². The first-order chi connectivity index (χ1) is 13.8. The van der Waals surface area contributed by atoms with Crippen molar-refractivity contribution in [2.75, 3.05) is 30.0 Å². The van der Waals surface area contributed by atoms with E-state index in [-0.39, 0.29) is 5.91 Å². The van der Waals surface area contributed by atoms with Crippen LogP contribution in [0.2, 0.25) is 0 Å². The second-order valence-corrected chi connectivity index (χ2v) is 6.75. The van der Waals surface area contributed by atoms with Crippen LogP contribution in [0.4, 0.5) is 17.2 Å². The van der Waals surface area contributed by atoms with E-state index in [9.17, 15) is 4.79 Å². The summed E-state index contributed by atoms with van der Waals surface area (Å²) in [6.07, 6.45) is 2.53. The molecular weight excluding hydrogens is 354 g/mol. The summed E-state index contributed by atoms with van der Waals surface area (Å²) in [6, 6.07) is 17.2. The maximum absolute atomic E-state index is 13.0. The summed E-state index contributed by atoms with van der Waals surface area (Å²) < 4.78 is 11.2. The lowest BCUT2D eigenvalue weighted by Gasteiger charge is -2.19. The monoisotopic (exact) mass is 373 g/mol. The van der Waals surface area contributed by atoms with Crippen molar-refractivity contribution in [2.45, 2.75) is 6.42 Å². The molecule has 1 N–H and O–H groups in total. The summed E-state index contributed by atoms with van der Waals surface area (Å²) in [5.41, 5.74) is 3.63. The molecule has 5 rings (SSSR count). The van der Waals surface area contributed by atoms with Crippen molar-refractivity contribution < 1.29 is 14.3 Å². The lowest BCUT2D eigenvalue weighted by molar-refractivity contribution is 0.0989. The van der Waals surface area contributed by atoms with Crippen LogP contribution < -0.4 is 19.7 Å². The fourth-order valence-electron chi connectivity index (χ4n) is 3.61. The van der Waals surface area contributed by atoms with Gasteiger partial charge in [-0.05, 0) is 42.3 Å². The Morgan fingerprint density at radius 3 is 2.79 bits per heavy atom. The van der Waals surface area contributed by atoms with Gasteiger partial charge in [-0.1, -0.05) is 18.2 Å². The van der Waals surface area contributed by atoms with E-state index in [1.165, 1.54) is 5.56 Å². The molecule has 1 aromatic heterocycles. The van der Waals surface area contributed by atoms with Crippen LogP contribution in [-0.4, -0.2) is 30.6 Å². The van der Waals surface area contributed by atoms with Crippen LogP contribution in [0.25, 0.3) is 0 Å². The summed E-state index contributed by atoms with van der Waals surface area (Å²) in [4.78, 5) is 19.2. The van der Waals surface area contributed by atoms with Gasteiger partial charge in [-0.25, -0.2) is 4.98 Å². The number of carbonyl (C=O) groups excluding carboxylic acids is 1. The maximum Gasteiger partial charge on any atom is 0.258 e. The molecule has 0 fully saturated rings. The third-order valence-corrected chi connectivity index (χ3v) is 4.95. The summed E-state index contributed by atoms with van der Waals surface area (Å²) >= 11 is 0. The number of benzene rings is 2. The SMILES string of the molecule is O=C(c1ccnc(Nc2ccc3c(c2)OCCO3)c1)N1CCc2ccccc21. The summed E-state index contributed by atoms with van der Waals surface area (Å²) in [5, 5.41) is 3.24. The number of carbonyl (C=O) groups is 1. The minimum absolute atomic E-state index is 0.0161. The number of fused-ring (bicyclic) bond motifs is 2. The highest BCUT2D eigenvalue weighted by Gasteiger charge is 2.25. The van der Waals surface area contributed by atoms with E-state index >= 15 is 0 Å². The molecule has 0 spiro atoms. The van der Waals surface area contributed by atoms with E-state index in [2.05, 4.69) is 16.4 Å². The van der Waals surface area contributed by atoms with E-state index < -0.39 is 0 Å². The maximum atomic E-state index is 13.0. The standard InChI is InChI=1S/C22H19N3O3/c26-22(25-10-8-15-3-1-2-4-18(15)25)16-7-9-23-21(13-16)24-17-5-6-19-20(14-17)28-12-11-27-19/h1-7,9,13-14H,8,10-12H2,(H,23,24). The minimum atomic E-state index is -0.0161. The largest absolute Gasteiger partial charge is 0.486 e. The number of hydrogen-bond donors (Lipinski definition) is 1. The van der Waals surface area contributed by atoms with E-state index in [1.807, 2.05) is 41.3 Å². The van der Waals surface area contributed by atoms with E-state index in [1.54, 1.807) is 18.3 Å². The van der Waals surface area contributed by atoms with Crippen molar-refractivity contribution >= 4 is 23.1 Å². The molecule has 3 heterocycles. The molecule has 0 unspecified atom stereocenters. The van der Waals surface area contributed by atoms with Gasteiger partial charge in [0.15, 0.2) is 11.5 Å². The molecule has 6 heteroatoms. The van der Waals surface area contributed by atoms with Crippen LogP contribution in [0.1, 0.15) is 15.9 Å². The van der Waals surface area contributed by atoms with Gasteiger partial charge in [0.05, 0.1) is 0 Å². The van der Waals surface area contributed by atoms with Crippen molar-refractivity contribution in [1.29, 1.82) is 0 Å². The first-order valence-electron chi connectivity index (χ1n) is 9.30. The van der Waals surface area contributed by atoms with Crippen LogP contribution in [-0.2, 0) is 6.42 Å². The molecule has 2 aliphatic rings. The van der Waals surface area contributed by atoms with E-state index in [0.717, 1.165) is 23.5 Å². The summed E-state index contributed by atoms with van der Waals surface area (Å²) in [6.45, 7) is 1.80. The molecule has 0 saturated carbocycles. The summed E-state index contributed by atoms with van der Waals surface area (Å²) in [5.74, 6) is 2.03. The molecule has 6 nitrogen and oxygen atoms in total. The fourth-order valence-corrected chi connectivity index (χ4v) is 3.61. The van der Waals surface area contributed by atoms with Gasteiger partial charge in [0, 0.05) is 35.7 Å². The molecule has 0 atom stereocenters. The molecular formula is C22H19N3O3. The smallest absolute Gasteiger partial charge is 0.258 e. The Labute approximate surface area is 162 Å². The van der Waals surface area contributed by atoms with Crippen molar-refractivity contribution in [3.63, 3.8) is 0 Å². The van der Waals surface area contributed by atoms with Crippen LogP contribution >= 0.6 is 0 Å². The van der Waals surface area contributed by atoms with E-state index in [4.69, 9.17) is 9.47 Å². The average molecular weight is 373 g/mol. The number of amides is 1. The Hall–Kier alpha value is -3.54. The van der Waals surface area contributed by atoms with Crippen LogP contribution in [0.3, 0.4) is 0 Å². The first kappa shape index (κ1) is 16.6. The first-order valence-corrected chi connectivity index (χ1v) is 9.30. The van der Waals surface area contributed by atoms with Crippen LogP contribution in [0.15, 0.2) is 60.8 Å². The zero-order valence-electron chi connectivity index (χ0n) is 15.2. The Kier molecular flexibility index (Phi) is 4.09. The van der Waals surface area contributed by atoms with Gasteiger partial charge >= 0.3 is 0 Å². The normalized spacial score (nSPS) is 14.5. The number of pyridine rings is 1. The fraction of sp³-hybridized carbons (Fsp3) is 0.182. The number of anilines is 3. The molecule has 3 aromatic rings. The lowest BCUT2D eigenvalue weighted by Crippen LogP contribution is -2.28. The number of aromatic nitrogens is 1. The molecule has 28 heavy (non-hydrogen) atoms. The molecule has 1 amide bonds. The summed E-state index contributed by atoms with van der Waals surface area (Å²) in [7, 11) is 0. The van der Waals surface area contributed by atoms with Gasteiger partial charge in [0.1, 0.15) is 19.0 Å². The lowest BCUT2D eigenvalue weighted by atomic mass is 10.1. The molecule has 0 saturated heterocycles. The highest BCUT2D eigenvalue weighted by molar-refractivity contribution is 6.07. The Morgan fingerprint density at radius 1 is 1.00 bits per heavy atom. The number of ether oxygens (including phenoxy) is 2. The Bertz CT molecular complexity index is 1050. The predicted octanol–water partition coefficient (Wildman–Crippen LogP) is 3.80. The predicted molar refractivity (Wildman–Crippen MR) is 107 cm³/mol. The van der Waals surface area contributed by atoms with Gasteiger partial charge in [-0.15, -0.1) is 0 Å². The number of nitrogens with zero attached hydrogens (tertiary/aromatic N) is 2. The zero-order valence-corrected chi connectivity index (χ0v) is 15.2. The molecule has 0 radical (unpaired) electrons. The zero-order chi connectivity index (χ0) is 18.9. The third-order valence-electron chi connectivity index (χ3n) is 4.95. The van der Waals surface area contributed by atoms with Gasteiger partial charge in [0.2, 0.25) is 0 Å².